The molecule has 0 fully saturated rings. The van der Waals surface area contributed by atoms with Crippen molar-refractivity contribution in [2.45, 2.75) is 27.3 Å². The van der Waals surface area contributed by atoms with E-state index in [2.05, 4.69) is 41.9 Å². The van der Waals surface area contributed by atoms with Gasteiger partial charge < -0.3 is 4.57 Å². The maximum atomic E-state index is 12.5. The Morgan fingerprint density at radius 2 is 1.64 bits per heavy atom. The molecule has 0 N–H and O–H groups in total. The second kappa shape index (κ2) is 5.73. The van der Waals surface area contributed by atoms with Crippen molar-refractivity contribution >= 4 is 26.8 Å². The molecule has 0 aliphatic rings. The average molecular weight is 356 g/mol. The smallest absolute Gasteiger partial charge is 0.251 e. The number of hydrogen-bond acceptors (Lipinski definition) is 1. The lowest BCUT2D eigenvalue weighted by Gasteiger charge is -2.15. The van der Waals surface area contributed by atoms with Crippen LogP contribution in [0.25, 0.3) is 10.9 Å². The molecule has 22 heavy (non-hydrogen) atoms. The van der Waals surface area contributed by atoms with Crippen LogP contribution < -0.4 is 5.56 Å². The zero-order valence-electron chi connectivity index (χ0n) is 13.0. The molecule has 0 aliphatic heterocycles. The first-order chi connectivity index (χ1) is 10.5. The fourth-order valence-corrected chi connectivity index (χ4v) is 3.26. The summed E-state index contributed by atoms with van der Waals surface area (Å²) in [6, 6.07) is 14.1. The van der Waals surface area contributed by atoms with Crippen molar-refractivity contribution < 1.29 is 0 Å². The van der Waals surface area contributed by atoms with Crippen LogP contribution >= 0.6 is 15.9 Å². The highest BCUT2D eigenvalue weighted by atomic mass is 79.9. The van der Waals surface area contributed by atoms with Crippen molar-refractivity contribution in [3.63, 3.8) is 0 Å². The Labute approximate surface area is 138 Å². The van der Waals surface area contributed by atoms with Gasteiger partial charge in [-0.15, -0.1) is 0 Å². The van der Waals surface area contributed by atoms with Gasteiger partial charge in [0.15, 0.2) is 0 Å². The van der Waals surface area contributed by atoms with Gasteiger partial charge in [-0.05, 0) is 55.7 Å². The number of fused-ring (bicyclic) bond motifs is 1. The normalized spacial score (nSPS) is 11.1. The van der Waals surface area contributed by atoms with Crippen molar-refractivity contribution in [1.82, 2.24) is 4.57 Å². The number of aryl methyl sites for hydroxylation is 3. The van der Waals surface area contributed by atoms with Gasteiger partial charge in [0.25, 0.3) is 5.56 Å². The van der Waals surface area contributed by atoms with Gasteiger partial charge in [0.2, 0.25) is 0 Å². The van der Waals surface area contributed by atoms with Gasteiger partial charge in [-0.3, -0.25) is 4.79 Å². The van der Waals surface area contributed by atoms with Crippen LogP contribution in [0.15, 0.2) is 51.7 Å². The van der Waals surface area contributed by atoms with Crippen LogP contribution in [-0.2, 0) is 6.54 Å². The maximum Gasteiger partial charge on any atom is 0.251 e. The van der Waals surface area contributed by atoms with Crippen LogP contribution in [-0.4, -0.2) is 4.57 Å². The Kier molecular flexibility index (Phi) is 3.92. The molecular formula is C19H18BrNO. The Morgan fingerprint density at radius 3 is 2.32 bits per heavy atom. The Bertz CT molecular complexity index is 907. The minimum atomic E-state index is 0.0554. The molecule has 0 spiro atoms. The van der Waals surface area contributed by atoms with Gasteiger partial charge in [-0.2, -0.15) is 0 Å². The number of rotatable bonds is 2. The summed E-state index contributed by atoms with van der Waals surface area (Å²) >= 11 is 3.45. The fraction of sp³-hybridized carbons (Fsp3) is 0.211. The molecule has 2 nitrogen and oxygen atoms in total. The molecule has 1 aromatic heterocycles. The third-order valence-electron chi connectivity index (χ3n) is 4.00. The Morgan fingerprint density at radius 1 is 0.955 bits per heavy atom. The first-order valence-corrected chi connectivity index (χ1v) is 8.11. The lowest BCUT2D eigenvalue weighted by atomic mass is 10.0. The van der Waals surface area contributed by atoms with Crippen LogP contribution in [0.2, 0.25) is 0 Å². The molecule has 2 aromatic carbocycles. The zero-order chi connectivity index (χ0) is 15.9. The lowest BCUT2D eigenvalue weighted by molar-refractivity contribution is 0.790. The van der Waals surface area contributed by atoms with Crippen LogP contribution in [0.3, 0.4) is 0 Å². The van der Waals surface area contributed by atoms with Crippen LogP contribution in [0.5, 0.6) is 0 Å². The standard InChI is InChI=1S/C19H18BrNO/c1-12-8-14(3)19-17(9-12)13(2)10-18(22)21(19)11-15-4-6-16(20)7-5-15/h4-10H,11H2,1-3H3. The van der Waals surface area contributed by atoms with E-state index in [1.165, 1.54) is 5.56 Å². The van der Waals surface area contributed by atoms with Gasteiger partial charge in [0.05, 0.1) is 12.1 Å². The first kappa shape index (κ1) is 15.0. The van der Waals surface area contributed by atoms with Gasteiger partial charge in [0.1, 0.15) is 0 Å². The molecule has 0 atom stereocenters. The highest BCUT2D eigenvalue weighted by Gasteiger charge is 2.10. The summed E-state index contributed by atoms with van der Waals surface area (Å²) in [6.45, 7) is 6.77. The van der Waals surface area contributed by atoms with E-state index in [9.17, 15) is 4.79 Å². The summed E-state index contributed by atoms with van der Waals surface area (Å²) in [5, 5.41) is 1.16. The summed E-state index contributed by atoms with van der Waals surface area (Å²) in [5.74, 6) is 0. The molecule has 3 heteroatoms. The summed E-state index contributed by atoms with van der Waals surface area (Å²) < 4.78 is 2.92. The fourth-order valence-electron chi connectivity index (χ4n) is 3.00. The molecular weight excluding hydrogens is 338 g/mol. The molecule has 1 heterocycles. The first-order valence-electron chi connectivity index (χ1n) is 7.31. The van der Waals surface area contributed by atoms with Gasteiger partial charge in [0, 0.05) is 15.9 Å². The second-order valence-electron chi connectivity index (χ2n) is 5.86. The second-order valence-corrected chi connectivity index (χ2v) is 6.77. The summed E-state index contributed by atoms with van der Waals surface area (Å²) in [5.41, 5.74) is 5.63. The average Bonchev–Trinajstić information content (AvgIpc) is 2.45. The Balaban J connectivity index is 2.24. The predicted molar refractivity (Wildman–Crippen MR) is 95.7 cm³/mol. The van der Waals surface area contributed by atoms with E-state index < -0.39 is 0 Å². The van der Waals surface area contributed by atoms with Gasteiger partial charge in [-0.1, -0.05) is 39.7 Å². The van der Waals surface area contributed by atoms with Crippen molar-refractivity contribution in [2.24, 2.45) is 0 Å². The van der Waals surface area contributed by atoms with Crippen molar-refractivity contribution in [3.8, 4) is 0 Å². The van der Waals surface area contributed by atoms with Crippen molar-refractivity contribution in [3.05, 3.63) is 79.5 Å². The van der Waals surface area contributed by atoms with Crippen LogP contribution in [0.1, 0.15) is 22.3 Å². The number of nitrogens with zero attached hydrogens (tertiary/aromatic N) is 1. The molecule has 0 bridgehead atoms. The minimum Gasteiger partial charge on any atom is -0.304 e. The predicted octanol–water partition coefficient (Wildman–Crippen LogP) is 4.74. The molecule has 0 saturated heterocycles. The zero-order valence-corrected chi connectivity index (χ0v) is 14.6. The largest absolute Gasteiger partial charge is 0.304 e. The molecule has 0 radical (unpaired) electrons. The molecule has 112 valence electrons. The van der Waals surface area contributed by atoms with Crippen molar-refractivity contribution in [2.75, 3.05) is 0 Å². The monoisotopic (exact) mass is 355 g/mol. The molecule has 0 saturated carbocycles. The van der Waals surface area contributed by atoms with Crippen LogP contribution in [0, 0.1) is 20.8 Å². The van der Waals surface area contributed by atoms with Gasteiger partial charge in [-0.25, -0.2) is 0 Å². The maximum absolute atomic E-state index is 12.5. The molecule has 0 amide bonds. The van der Waals surface area contributed by atoms with E-state index in [0.717, 1.165) is 32.1 Å². The summed E-state index contributed by atoms with van der Waals surface area (Å²) in [7, 11) is 0. The molecule has 0 unspecified atom stereocenters. The van der Waals surface area contributed by atoms with E-state index in [1.807, 2.05) is 35.8 Å². The van der Waals surface area contributed by atoms with E-state index in [1.54, 1.807) is 6.07 Å². The quantitative estimate of drug-likeness (QED) is 0.650. The number of pyridine rings is 1. The molecule has 3 aromatic rings. The number of aromatic nitrogens is 1. The SMILES string of the molecule is Cc1cc(C)c2c(c1)c(C)cc(=O)n2Cc1ccc(Br)cc1. The molecule has 3 rings (SSSR count). The van der Waals surface area contributed by atoms with E-state index >= 15 is 0 Å². The summed E-state index contributed by atoms with van der Waals surface area (Å²) in [4.78, 5) is 12.5. The third-order valence-corrected chi connectivity index (χ3v) is 4.53. The highest BCUT2D eigenvalue weighted by Crippen LogP contribution is 2.23. The highest BCUT2D eigenvalue weighted by molar-refractivity contribution is 9.10. The van der Waals surface area contributed by atoms with E-state index in [4.69, 9.17) is 0 Å². The minimum absolute atomic E-state index is 0.0554. The third kappa shape index (κ3) is 2.73. The topological polar surface area (TPSA) is 22.0 Å². The van der Waals surface area contributed by atoms with Crippen LogP contribution in [0.4, 0.5) is 0 Å². The lowest BCUT2D eigenvalue weighted by Crippen LogP contribution is -2.21. The van der Waals surface area contributed by atoms with E-state index in [0.29, 0.717) is 6.54 Å². The van der Waals surface area contributed by atoms with Gasteiger partial charge >= 0.3 is 0 Å². The molecule has 0 aliphatic carbocycles. The summed E-state index contributed by atoms with van der Waals surface area (Å²) in [6.07, 6.45) is 0. The Hall–Kier alpha value is -1.87. The number of benzene rings is 2. The van der Waals surface area contributed by atoms with E-state index in [-0.39, 0.29) is 5.56 Å². The number of halogens is 1. The number of hydrogen-bond donors (Lipinski definition) is 0. The van der Waals surface area contributed by atoms with Crippen molar-refractivity contribution in [1.29, 1.82) is 0 Å².